The summed E-state index contributed by atoms with van der Waals surface area (Å²) in [6.07, 6.45) is 6.45. The Labute approximate surface area is 245 Å². The van der Waals surface area contributed by atoms with Crippen LogP contribution in [0.1, 0.15) is 40.2 Å². The number of nitrogens with one attached hydrogen (secondary N) is 2. The molecule has 1 aliphatic heterocycles. The van der Waals surface area contributed by atoms with Gasteiger partial charge in [-0.1, -0.05) is 18.2 Å². The van der Waals surface area contributed by atoms with Gasteiger partial charge in [0, 0.05) is 41.5 Å². The molecule has 1 spiro atoms. The SMILES string of the molecule is Cc1c(C(=O)Nc2ccc(Oc3ccnc4cc(CC5CNC6(CC6)C5)sc34)c(F)c2)c(=O)n(-c2ccccc2)n1C. The Bertz CT molecular complexity index is 1890. The molecule has 0 radical (unpaired) electrons. The van der Waals surface area contributed by atoms with Gasteiger partial charge in [0.1, 0.15) is 11.3 Å². The largest absolute Gasteiger partial charge is 0.453 e. The molecule has 3 aromatic heterocycles. The van der Waals surface area contributed by atoms with Gasteiger partial charge in [-0.2, -0.15) is 0 Å². The van der Waals surface area contributed by atoms with E-state index in [1.54, 1.807) is 60.5 Å². The average Bonchev–Trinajstić information content (AvgIpc) is 3.31. The number of carbonyl (C=O) groups excluding carboxylic acids is 1. The van der Waals surface area contributed by atoms with Crippen LogP contribution in [-0.2, 0) is 13.5 Å². The lowest BCUT2D eigenvalue weighted by Gasteiger charge is -2.10. The summed E-state index contributed by atoms with van der Waals surface area (Å²) < 4.78 is 25.2. The molecule has 5 aromatic rings. The molecule has 1 atom stereocenters. The molecule has 4 heterocycles. The van der Waals surface area contributed by atoms with Crippen molar-refractivity contribution in [3.05, 3.63) is 99.2 Å². The molecule has 1 aliphatic carbocycles. The van der Waals surface area contributed by atoms with Crippen LogP contribution in [0.5, 0.6) is 11.5 Å². The number of amides is 1. The Morgan fingerprint density at radius 2 is 1.98 bits per heavy atom. The number of thiophene rings is 1. The monoisotopic (exact) mass is 583 g/mol. The van der Waals surface area contributed by atoms with Gasteiger partial charge >= 0.3 is 0 Å². The highest BCUT2D eigenvalue weighted by Crippen LogP contribution is 2.46. The van der Waals surface area contributed by atoms with Crippen LogP contribution in [0.4, 0.5) is 10.1 Å². The van der Waals surface area contributed by atoms with Gasteiger partial charge in [0.15, 0.2) is 11.6 Å². The molecule has 2 fully saturated rings. The predicted molar refractivity (Wildman–Crippen MR) is 162 cm³/mol. The number of ether oxygens (including phenoxy) is 1. The lowest BCUT2D eigenvalue weighted by Crippen LogP contribution is -2.25. The second-order valence-electron chi connectivity index (χ2n) is 11.3. The van der Waals surface area contributed by atoms with Crippen molar-refractivity contribution in [2.24, 2.45) is 13.0 Å². The molecule has 42 heavy (non-hydrogen) atoms. The number of benzene rings is 2. The number of hydrogen-bond acceptors (Lipinski definition) is 6. The summed E-state index contributed by atoms with van der Waals surface area (Å²) >= 11 is 1.64. The second-order valence-corrected chi connectivity index (χ2v) is 12.4. The zero-order chi connectivity index (χ0) is 29.0. The first-order valence-corrected chi connectivity index (χ1v) is 14.9. The fourth-order valence-electron chi connectivity index (χ4n) is 5.97. The molecular weight excluding hydrogens is 553 g/mol. The van der Waals surface area contributed by atoms with Crippen molar-refractivity contribution in [2.75, 3.05) is 11.9 Å². The summed E-state index contributed by atoms with van der Waals surface area (Å²) in [4.78, 5) is 32.1. The third kappa shape index (κ3) is 4.80. The number of aromatic nitrogens is 3. The maximum Gasteiger partial charge on any atom is 0.284 e. The molecule has 8 nitrogen and oxygen atoms in total. The van der Waals surface area contributed by atoms with Crippen LogP contribution in [0.25, 0.3) is 15.9 Å². The molecule has 1 saturated carbocycles. The number of fused-ring (bicyclic) bond motifs is 1. The van der Waals surface area contributed by atoms with Crippen molar-refractivity contribution in [2.45, 2.75) is 38.1 Å². The quantitative estimate of drug-likeness (QED) is 0.247. The van der Waals surface area contributed by atoms with Crippen molar-refractivity contribution in [3.63, 3.8) is 0 Å². The molecular formula is C32H30FN5O3S. The highest BCUT2D eigenvalue weighted by atomic mass is 32.1. The number of anilines is 1. The van der Waals surface area contributed by atoms with Gasteiger partial charge in [0.05, 0.1) is 21.6 Å². The van der Waals surface area contributed by atoms with E-state index in [0.29, 0.717) is 28.6 Å². The molecule has 2 aliphatic rings. The van der Waals surface area contributed by atoms with Crippen molar-refractivity contribution >= 4 is 33.1 Å². The van der Waals surface area contributed by atoms with Gasteiger partial charge in [-0.25, -0.2) is 9.07 Å². The van der Waals surface area contributed by atoms with E-state index in [9.17, 15) is 9.59 Å². The van der Waals surface area contributed by atoms with Crippen molar-refractivity contribution in [1.82, 2.24) is 19.7 Å². The standard InChI is InChI=1S/C32H30FN5O3S/c1-19-28(31(40)38(37(19)2)22-6-4-3-5-7-22)30(39)36-21-8-9-26(24(33)15-21)41-27-10-13-34-25-16-23(42-29(25)27)14-20-17-32(11-12-32)35-18-20/h3-10,13,15-16,20,35H,11-12,14,17-18H2,1-2H3,(H,36,39). The Hall–Kier alpha value is -4.28. The lowest BCUT2D eigenvalue weighted by molar-refractivity contribution is 0.102. The topological polar surface area (TPSA) is 90.2 Å². The Kier molecular flexibility index (Phi) is 6.47. The Balaban J connectivity index is 1.08. The number of halogens is 1. The Morgan fingerprint density at radius 1 is 1.17 bits per heavy atom. The van der Waals surface area contributed by atoms with Crippen LogP contribution < -0.4 is 20.9 Å². The summed E-state index contributed by atoms with van der Waals surface area (Å²) in [5, 5.41) is 6.35. The third-order valence-electron chi connectivity index (χ3n) is 8.41. The van der Waals surface area contributed by atoms with Crippen LogP contribution >= 0.6 is 11.3 Å². The average molecular weight is 584 g/mol. The zero-order valence-electron chi connectivity index (χ0n) is 23.3. The van der Waals surface area contributed by atoms with Gasteiger partial charge in [-0.3, -0.25) is 19.3 Å². The number of carbonyl (C=O) groups is 1. The first kappa shape index (κ1) is 26.6. The third-order valence-corrected chi connectivity index (χ3v) is 9.57. The van der Waals surface area contributed by atoms with E-state index >= 15 is 4.39 Å². The summed E-state index contributed by atoms with van der Waals surface area (Å²) in [6, 6.07) is 17.2. The van der Waals surface area contributed by atoms with Crippen LogP contribution in [0.2, 0.25) is 0 Å². The van der Waals surface area contributed by atoms with E-state index in [1.807, 2.05) is 18.2 Å². The lowest BCUT2D eigenvalue weighted by atomic mass is 10.00. The highest BCUT2D eigenvalue weighted by Gasteiger charge is 2.47. The van der Waals surface area contributed by atoms with Crippen molar-refractivity contribution in [1.29, 1.82) is 0 Å². The molecule has 0 bridgehead atoms. The van der Waals surface area contributed by atoms with E-state index in [2.05, 4.69) is 21.7 Å². The number of rotatable bonds is 7. The predicted octanol–water partition coefficient (Wildman–Crippen LogP) is 5.96. The maximum absolute atomic E-state index is 15.2. The fourth-order valence-corrected chi connectivity index (χ4v) is 7.15. The smallest absolute Gasteiger partial charge is 0.284 e. The molecule has 10 heteroatoms. The summed E-state index contributed by atoms with van der Waals surface area (Å²) in [7, 11) is 1.72. The van der Waals surface area contributed by atoms with Gasteiger partial charge < -0.3 is 15.4 Å². The maximum atomic E-state index is 15.2. The van der Waals surface area contributed by atoms with Crippen molar-refractivity contribution < 1.29 is 13.9 Å². The number of para-hydroxylation sites is 1. The van der Waals surface area contributed by atoms with Gasteiger partial charge in [-0.05, 0) is 75.4 Å². The molecule has 7 rings (SSSR count). The molecule has 2 aromatic carbocycles. The van der Waals surface area contributed by atoms with E-state index in [0.717, 1.165) is 23.2 Å². The summed E-state index contributed by atoms with van der Waals surface area (Å²) in [6.45, 7) is 2.75. The number of hydrogen-bond donors (Lipinski definition) is 2. The van der Waals surface area contributed by atoms with Gasteiger partial charge in [0.25, 0.3) is 11.5 Å². The number of pyridine rings is 1. The minimum Gasteiger partial charge on any atom is -0.453 e. The first-order valence-electron chi connectivity index (χ1n) is 14.1. The second kappa shape index (κ2) is 10.2. The fraction of sp³-hybridized carbons (Fsp3) is 0.281. The van der Waals surface area contributed by atoms with Gasteiger partial charge in [-0.15, -0.1) is 11.3 Å². The van der Waals surface area contributed by atoms with Crippen molar-refractivity contribution in [3.8, 4) is 17.2 Å². The molecule has 1 amide bonds. The zero-order valence-corrected chi connectivity index (χ0v) is 24.1. The Morgan fingerprint density at radius 3 is 2.71 bits per heavy atom. The van der Waals surface area contributed by atoms with Crippen LogP contribution in [0, 0.1) is 18.7 Å². The highest BCUT2D eigenvalue weighted by molar-refractivity contribution is 7.19. The van der Waals surface area contributed by atoms with Crippen LogP contribution in [0.15, 0.2) is 71.7 Å². The molecule has 2 N–H and O–H groups in total. The van der Waals surface area contributed by atoms with Gasteiger partial charge in [0.2, 0.25) is 0 Å². The summed E-state index contributed by atoms with van der Waals surface area (Å²) in [5.74, 6) is -0.0494. The first-order chi connectivity index (χ1) is 20.3. The van der Waals surface area contributed by atoms with E-state index in [-0.39, 0.29) is 17.0 Å². The van der Waals surface area contributed by atoms with E-state index in [1.165, 1.54) is 41.0 Å². The summed E-state index contributed by atoms with van der Waals surface area (Å²) in [5.41, 5.74) is 2.14. The number of nitrogens with zero attached hydrogens (tertiary/aromatic N) is 3. The van der Waals surface area contributed by atoms with Crippen LogP contribution in [0.3, 0.4) is 0 Å². The minimum atomic E-state index is -0.632. The van der Waals surface area contributed by atoms with E-state index < -0.39 is 17.3 Å². The molecule has 1 unspecified atom stereocenters. The minimum absolute atomic E-state index is 0.00421. The molecule has 1 saturated heterocycles. The normalized spacial score (nSPS) is 17.2. The molecule has 214 valence electrons. The van der Waals surface area contributed by atoms with Crippen LogP contribution in [-0.4, -0.2) is 32.3 Å². The van der Waals surface area contributed by atoms with E-state index in [4.69, 9.17) is 4.74 Å².